The Hall–Kier alpha value is -1.08. The highest BCUT2D eigenvalue weighted by atomic mass is 16.3. The number of hydrogen-bond acceptors (Lipinski definition) is 1. The van der Waals surface area contributed by atoms with Crippen LogP contribution in [0.3, 0.4) is 0 Å². The zero-order valence-electron chi connectivity index (χ0n) is 9.17. The van der Waals surface area contributed by atoms with E-state index in [0.717, 1.165) is 5.57 Å². The lowest BCUT2D eigenvalue weighted by atomic mass is 10.00. The summed E-state index contributed by atoms with van der Waals surface area (Å²) >= 11 is 0. The number of aliphatic hydroxyl groups is 1. The Morgan fingerprint density at radius 2 is 2.00 bits per heavy atom. The zero-order chi connectivity index (χ0) is 10.7. The van der Waals surface area contributed by atoms with Gasteiger partial charge in [-0.05, 0) is 37.5 Å². The first kappa shape index (κ1) is 11.0. The van der Waals surface area contributed by atoms with Crippen LogP contribution >= 0.6 is 0 Å². The van der Waals surface area contributed by atoms with Gasteiger partial charge in [0.1, 0.15) is 0 Å². The number of rotatable bonds is 3. The van der Waals surface area contributed by atoms with Crippen LogP contribution in [0.2, 0.25) is 0 Å². The van der Waals surface area contributed by atoms with Crippen LogP contribution in [0.15, 0.2) is 30.4 Å². The quantitative estimate of drug-likeness (QED) is 0.727. The van der Waals surface area contributed by atoms with E-state index < -0.39 is 6.10 Å². The Morgan fingerprint density at radius 1 is 1.36 bits per heavy atom. The molecule has 0 aliphatic heterocycles. The van der Waals surface area contributed by atoms with E-state index in [-0.39, 0.29) is 0 Å². The highest BCUT2D eigenvalue weighted by molar-refractivity contribution is 5.30. The van der Waals surface area contributed by atoms with Crippen molar-refractivity contribution in [2.75, 3.05) is 0 Å². The van der Waals surface area contributed by atoms with Crippen molar-refractivity contribution in [3.8, 4) is 0 Å². The van der Waals surface area contributed by atoms with Gasteiger partial charge in [0.25, 0.3) is 0 Å². The fourth-order valence-corrected chi connectivity index (χ4v) is 1.33. The van der Waals surface area contributed by atoms with E-state index in [4.69, 9.17) is 0 Å². The SMILES string of the molecule is C=C(C)C(O)Cc1ccc(C)c(C)c1. The van der Waals surface area contributed by atoms with Crippen LogP contribution < -0.4 is 0 Å². The van der Waals surface area contributed by atoms with Gasteiger partial charge < -0.3 is 5.11 Å². The summed E-state index contributed by atoms with van der Waals surface area (Å²) in [5, 5.41) is 9.64. The molecule has 0 saturated heterocycles. The van der Waals surface area contributed by atoms with Gasteiger partial charge in [0, 0.05) is 6.42 Å². The van der Waals surface area contributed by atoms with Gasteiger partial charge in [-0.1, -0.05) is 30.4 Å². The van der Waals surface area contributed by atoms with Crippen molar-refractivity contribution < 1.29 is 5.11 Å². The van der Waals surface area contributed by atoms with E-state index >= 15 is 0 Å². The fourth-order valence-electron chi connectivity index (χ4n) is 1.33. The highest BCUT2D eigenvalue weighted by Crippen LogP contribution is 2.13. The summed E-state index contributed by atoms with van der Waals surface area (Å²) in [5.74, 6) is 0. The van der Waals surface area contributed by atoms with Crippen molar-refractivity contribution in [1.29, 1.82) is 0 Å². The smallest absolute Gasteiger partial charge is 0.0785 e. The van der Waals surface area contributed by atoms with Gasteiger partial charge in [-0.15, -0.1) is 0 Å². The van der Waals surface area contributed by atoms with Gasteiger partial charge in [-0.25, -0.2) is 0 Å². The maximum Gasteiger partial charge on any atom is 0.0785 e. The molecule has 0 aliphatic rings. The third-order valence-electron chi connectivity index (χ3n) is 2.57. The molecule has 0 radical (unpaired) electrons. The summed E-state index contributed by atoms with van der Waals surface area (Å²) in [6.45, 7) is 9.77. The molecule has 1 unspecified atom stereocenters. The van der Waals surface area contributed by atoms with E-state index in [0.29, 0.717) is 6.42 Å². The molecule has 0 spiro atoms. The predicted molar refractivity (Wildman–Crippen MR) is 60.4 cm³/mol. The monoisotopic (exact) mass is 190 g/mol. The topological polar surface area (TPSA) is 20.2 Å². The van der Waals surface area contributed by atoms with Crippen LogP contribution in [-0.2, 0) is 6.42 Å². The Bertz CT molecular complexity index is 339. The van der Waals surface area contributed by atoms with Gasteiger partial charge in [0.15, 0.2) is 0 Å². The van der Waals surface area contributed by atoms with Crippen molar-refractivity contribution in [3.05, 3.63) is 47.0 Å². The van der Waals surface area contributed by atoms with Gasteiger partial charge in [-0.3, -0.25) is 0 Å². The lowest BCUT2D eigenvalue weighted by molar-refractivity contribution is 0.212. The summed E-state index contributed by atoms with van der Waals surface area (Å²) in [6.07, 6.45) is 0.244. The second kappa shape index (κ2) is 4.43. The van der Waals surface area contributed by atoms with Gasteiger partial charge in [0.2, 0.25) is 0 Å². The summed E-state index contributed by atoms with van der Waals surface area (Å²) in [4.78, 5) is 0. The van der Waals surface area contributed by atoms with Crippen LogP contribution in [0.4, 0.5) is 0 Å². The predicted octanol–water partition coefficient (Wildman–Crippen LogP) is 2.78. The Morgan fingerprint density at radius 3 is 2.50 bits per heavy atom. The molecule has 1 N–H and O–H groups in total. The molecule has 1 rings (SSSR count). The minimum absolute atomic E-state index is 0.419. The molecule has 1 aromatic carbocycles. The molecular weight excluding hydrogens is 172 g/mol. The number of hydrogen-bond donors (Lipinski definition) is 1. The summed E-state index contributed by atoms with van der Waals surface area (Å²) < 4.78 is 0. The second-order valence-electron chi connectivity index (χ2n) is 3.98. The molecule has 0 saturated carbocycles. The molecule has 0 aromatic heterocycles. The normalized spacial score (nSPS) is 12.6. The molecule has 1 atom stereocenters. The number of benzene rings is 1. The minimum Gasteiger partial charge on any atom is -0.388 e. The van der Waals surface area contributed by atoms with E-state index in [9.17, 15) is 5.11 Å². The highest BCUT2D eigenvalue weighted by Gasteiger charge is 2.06. The average Bonchev–Trinajstić information content (AvgIpc) is 2.11. The molecule has 14 heavy (non-hydrogen) atoms. The maximum atomic E-state index is 9.64. The third kappa shape index (κ3) is 2.71. The van der Waals surface area contributed by atoms with Crippen molar-refractivity contribution in [3.63, 3.8) is 0 Å². The second-order valence-corrected chi connectivity index (χ2v) is 3.98. The number of aliphatic hydroxyl groups excluding tert-OH is 1. The van der Waals surface area contributed by atoms with E-state index in [1.807, 2.05) is 6.92 Å². The van der Waals surface area contributed by atoms with Crippen LogP contribution in [0, 0.1) is 13.8 Å². The Labute approximate surface area is 86.1 Å². The molecule has 1 aromatic rings. The van der Waals surface area contributed by atoms with Gasteiger partial charge in [-0.2, -0.15) is 0 Å². The largest absolute Gasteiger partial charge is 0.388 e. The molecule has 0 fully saturated rings. The van der Waals surface area contributed by atoms with Crippen LogP contribution in [0.5, 0.6) is 0 Å². The van der Waals surface area contributed by atoms with E-state index in [1.54, 1.807) is 0 Å². The molecule has 1 nitrogen and oxygen atoms in total. The minimum atomic E-state index is -0.419. The summed E-state index contributed by atoms with van der Waals surface area (Å²) in [5.41, 5.74) is 4.56. The Balaban J connectivity index is 2.78. The molecule has 0 heterocycles. The summed E-state index contributed by atoms with van der Waals surface area (Å²) in [7, 11) is 0. The van der Waals surface area contributed by atoms with Crippen LogP contribution in [0.1, 0.15) is 23.6 Å². The first-order valence-corrected chi connectivity index (χ1v) is 4.90. The zero-order valence-corrected chi connectivity index (χ0v) is 9.17. The van der Waals surface area contributed by atoms with E-state index in [1.165, 1.54) is 16.7 Å². The molecule has 1 heteroatoms. The van der Waals surface area contributed by atoms with Crippen LogP contribution in [-0.4, -0.2) is 11.2 Å². The molecule has 0 aliphatic carbocycles. The van der Waals surface area contributed by atoms with E-state index in [2.05, 4.69) is 38.6 Å². The van der Waals surface area contributed by atoms with Crippen molar-refractivity contribution in [2.24, 2.45) is 0 Å². The van der Waals surface area contributed by atoms with Crippen molar-refractivity contribution in [2.45, 2.75) is 33.3 Å². The molecule has 0 bridgehead atoms. The lowest BCUT2D eigenvalue weighted by Gasteiger charge is -2.11. The van der Waals surface area contributed by atoms with Gasteiger partial charge >= 0.3 is 0 Å². The Kier molecular flexibility index (Phi) is 3.48. The molecular formula is C13H18O. The maximum absolute atomic E-state index is 9.64. The van der Waals surface area contributed by atoms with Crippen molar-refractivity contribution in [1.82, 2.24) is 0 Å². The van der Waals surface area contributed by atoms with Crippen LogP contribution in [0.25, 0.3) is 0 Å². The number of aryl methyl sites for hydroxylation is 2. The average molecular weight is 190 g/mol. The summed E-state index contributed by atoms with van der Waals surface area (Å²) in [6, 6.07) is 6.28. The first-order chi connectivity index (χ1) is 6.50. The van der Waals surface area contributed by atoms with Crippen molar-refractivity contribution >= 4 is 0 Å². The standard InChI is InChI=1S/C13H18O/c1-9(2)13(14)8-12-6-5-10(3)11(4)7-12/h5-7,13-14H,1,8H2,2-4H3. The third-order valence-corrected chi connectivity index (χ3v) is 2.57. The lowest BCUT2D eigenvalue weighted by Crippen LogP contribution is -2.11. The molecule has 0 amide bonds. The first-order valence-electron chi connectivity index (χ1n) is 4.90. The fraction of sp³-hybridized carbons (Fsp3) is 0.385. The molecule has 76 valence electrons. The van der Waals surface area contributed by atoms with Gasteiger partial charge in [0.05, 0.1) is 6.10 Å².